The van der Waals surface area contributed by atoms with Gasteiger partial charge < -0.3 is 0 Å². The zero-order valence-electron chi connectivity index (χ0n) is 8.33. The molecule has 0 aliphatic heterocycles. The van der Waals surface area contributed by atoms with Crippen molar-refractivity contribution in [3.05, 3.63) is 34.7 Å². The summed E-state index contributed by atoms with van der Waals surface area (Å²) in [5, 5.41) is 1.81. The lowest BCUT2D eigenvalue weighted by atomic mass is 10.3. The minimum atomic E-state index is 0.889. The van der Waals surface area contributed by atoms with Crippen LogP contribution < -0.4 is 10.7 Å². The molecule has 0 aliphatic carbocycles. The Morgan fingerprint density at radius 2 is 1.62 bits per heavy atom. The van der Waals surface area contributed by atoms with Gasteiger partial charge >= 0.3 is 0 Å². The van der Waals surface area contributed by atoms with Crippen molar-refractivity contribution < 1.29 is 0 Å². The van der Waals surface area contributed by atoms with Gasteiger partial charge in [-0.2, -0.15) is 0 Å². The minimum absolute atomic E-state index is 0.889. The van der Waals surface area contributed by atoms with E-state index in [1.165, 1.54) is 0 Å². The van der Waals surface area contributed by atoms with Gasteiger partial charge in [-0.3, -0.25) is 0 Å². The minimum Gasteiger partial charge on any atom is -0.250 e. The number of allylic oxidation sites excluding steroid dienone is 1. The summed E-state index contributed by atoms with van der Waals surface area (Å²) in [6.07, 6.45) is 5.55. The lowest BCUT2D eigenvalue weighted by molar-refractivity contribution is 0.983. The lowest BCUT2D eigenvalue weighted by Gasteiger charge is -1.97. The van der Waals surface area contributed by atoms with E-state index in [-0.39, 0.29) is 0 Å². The SMILES string of the molecule is C=C/C=c1/nc(C)c(C)n/c1=C/C. The standard InChI is InChI=1S/C11H14N2/c1-5-7-11-10(6-2)12-8(3)9(4)13-11/h5-7H,1H2,2-4H3/b10-6+,11-7+. The van der Waals surface area contributed by atoms with Crippen molar-refractivity contribution in [1.82, 2.24) is 9.97 Å². The van der Waals surface area contributed by atoms with Gasteiger partial charge in [-0.05, 0) is 26.8 Å². The van der Waals surface area contributed by atoms with E-state index >= 15 is 0 Å². The Bertz CT molecular complexity index is 430. The van der Waals surface area contributed by atoms with E-state index in [1.54, 1.807) is 6.08 Å². The molecule has 1 rings (SSSR count). The molecule has 0 bridgehead atoms. The highest BCUT2D eigenvalue weighted by Crippen LogP contribution is 1.90. The van der Waals surface area contributed by atoms with Gasteiger partial charge in [0.05, 0.1) is 22.1 Å². The number of aromatic nitrogens is 2. The molecular weight excluding hydrogens is 160 g/mol. The molecule has 0 fully saturated rings. The Labute approximate surface area is 78.4 Å². The fourth-order valence-corrected chi connectivity index (χ4v) is 1.08. The smallest absolute Gasteiger partial charge is 0.0886 e. The summed E-state index contributed by atoms with van der Waals surface area (Å²) < 4.78 is 0. The molecule has 0 radical (unpaired) electrons. The van der Waals surface area contributed by atoms with Crippen LogP contribution in [0.15, 0.2) is 12.7 Å². The predicted octanol–water partition coefficient (Wildman–Crippen LogP) is 0.860. The summed E-state index contributed by atoms with van der Waals surface area (Å²) in [7, 11) is 0. The maximum absolute atomic E-state index is 4.41. The largest absolute Gasteiger partial charge is 0.250 e. The van der Waals surface area contributed by atoms with E-state index in [4.69, 9.17) is 0 Å². The molecule has 68 valence electrons. The summed E-state index contributed by atoms with van der Waals surface area (Å²) in [4.78, 5) is 8.83. The van der Waals surface area contributed by atoms with Gasteiger partial charge in [-0.15, -0.1) is 0 Å². The topological polar surface area (TPSA) is 25.8 Å². The molecule has 0 saturated carbocycles. The molecule has 1 aromatic rings. The molecule has 0 aromatic carbocycles. The Morgan fingerprint density at radius 3 is 2.08 bits per heavy atom. The third kappa shape index (κ3) is 2.02. The normalized spacial score (nSPS) is 13.5. The number of hydrogen-bond donors (Lipinski definition) is 0. The quantitative estimate of drug-likeness (QED) is 0.631. The van der Waals surface area contributed by atoms with Crippen LogP contribution >= 0.6 is 0 Å². The molecule has 1 heterocycles. The number of nitrogens with zero attached hydrogens (tertiary/aromatic N) is 2. The van der Waals surface area contributed by atoms with Crippen LogP contribution in [0, 0.1) is 13.8 Å². The molecular formula is C11H14N2. The van der Waals surface area contributed by atoms with Crippen molar-refractivity contribution in [3.8, 4) is 0 Å². The highest BCUT2D eigenvalue weighted by molar-refractivity contribution is 5.34. The van der Waals surface area contributed by atoms with Crippen LogP contribution in [0.1, 0.15) is 18.3 Å². The summed E-state index contributed by atoms with van der Waals surface area (Å²) >= 11 is 0. The maximum atomic E-state index is 4.41. The van der Waals surface area contributed by atoms with E-state index in [0.29, 0.717) is 0 Å². The molecule has 0 saturated heterocycles. The average molecular weight is 174 g/mol. The van der Waals surface area contributed by atoms with E-state index in [2.05, 4.69) is 16.5 Å². The first-order valence-electron chi connectivity index (χ1n) is 4.29. The molecule has 2 nitrogen and oxygen atoms in total. The Hall–Kier alpha value is -1.44. The molecule has 13 heavy (non-hydrogen) atoms. The predicted molar refractivity (Wildman–Crippen MR) is 55.6 cm³/mol. The van der Waals surface area contributed by atoms with Crippen LogP contribution in [0.25, 0.3) is 12.2 Å². The number of rotatable bonds is 1. The van der Waals surface area contributed by atoms with Crippen LogP contribution in [-0.4, -0.2) is 9.97 Å². The Morgan fingerprint density at radius 1 is 1.08 bits per heavy atom. The van der Waals surface area contributed by atoms with E-state index in [1.807, 2.05) is 32.9 Å². The Kier molecular flexibility index (Phi) is 2.96. The third-order valence-electron chi connectivity index (χ3n) is 1.91. The van der Waals surface area contributed by atoms with Gasteiger partial charge in [0.15, 0.2) is 0 Å². The second-order valence-electron chi connectivity index (χ2n) is 2.86. The monoisotopic (exact) mass is 174 g/mol. The summed E-state index contributed by atoms with van der Waals surface area (Å²) in [6.45, 7) is 9.53. The molecule has 0 aliphatic rings. The van der Waals surface area contributed by atoms with Crippen LogP contribution in [0.3, 0.4) is 0 Å². The molecule has 1 aromatic heterocycles. The molecule has 0 spiro atoms. The first-order chi connectivity index (χ1) is 6.19. The van der Waals surface area contributed by atoms with Crippen molar-refractivity contribution >= 4 is 12.2 Å². The number of hydrogen-bond acceptors (Lipinski definition) is 2. The van der Waals surface area contributed by atoms with E-state index in [9.17, 15) is 0 Å². The van der Waals surface area contributed by atoms with Crippen LogP contribution in [0.2, 0.25) is 0 Å². The summed E-state index contributed by atoms with van der Waals surface area (Å²) in [6, 6.07) is 0. The van der Waals surface area contributed by atoms with Crippen molar-refractivity contribution in [2.45, 2.75) is 20.8 Å². The number of aryl methyl sites for hydroxylation is 2. The first kappa shape index (κ1) is 9.65. The van der Waals surface area contributed by atoms with Gasteiger partial charge in [0.2, 0.25) is 0 Å². The molecule has 0 amide bonds. The summed E-state index contributed by atoms with van der Waals surface area (Å²) in [5.74, 6) is 0. The van der Waals surface area contributed by atoms with Gasteiger partial charge in [0.1, 0.15) is 0 Å². The van der Waals surface area contributed by atoms with Crippen molar-refractivity contribution in [2.24, 2.45) is 0 Å². The third-order valence-corrected chi connectivity index (χ3v) is 1.91. The van der Waals surface area contributed by atoms with Crippen molar-refractivity contribution in [3.63, 3.8) is 0 Å². The van der Waals surface area contributed by atoms with Crippen LogP contribution in [0.4, 0.5) is 0 Å². The highest BCUT2D eigenvalue weighted by Gasteiger charge is 1.94. The lowest BCUT2D eigenvalue weighted by Crippen LogP contribution is -2.32. The second-order valence-corrected chi connectivity index (χ2v) is 2.86. The molecule has 0 atom stereocenters. The first-order valence-corrected chi connectivity index (χ1v) is 4.29. The molecule has 2 heteroatoms. The maximum Gasteiger partial charge on any atom is 0.0886 e. The summed E-state index contributed by atoms with van der Waals surface area (Å²) in [5.41, 5.74) is 1.95. The van der Waals surface area contributed by atoms with Gasteiger partial charge in [0, 0.05) is 0 Å². The van der Waals surface area contributed by atoms with Gasteiger partial charge in [0.25, 0.3) is 0 Å². The molecule has 0 N–H and O–H groups in total. The van der Waals surface area contributed by atoms with Crippen molar-refractivity contribution in [2.75, 3.05) is 0 Å². The van der Waals surface area contributed by atoms with Crippen LogP contribution in [0.5, 0.6) is 0 Å². The molecule has 0 unspecified atom stereocenters. The van der Waals surface area contributed by atoms with Gasteiger partial charge in [-0.1, -0.05) is 18.7 Å². The zero-order valence-corrected chi connectivity index (χ0v) is 8.33. The highest BCUT2D eigenvalue weighted by atomic mass is 14.8. The fraction of sp³-hybridized carbons (Fsp3) is 0.273. The van der Waals surface area contributed by atoms with E-state index in [0.717, 1.165) is 22.1 Å². The second kappa shape index (κ2) is 3.99. The Balaban J connectivity index is 3.62. The fourth-order valence-electron chi connectivity index (χ4n) is 1.08. The van der Waals surface area contributed by atoms with Crippen LogP contribution in [-0.2, 0) is 0 Å². The zero-order chi connectivity index (χ0) is 9.84. The average Bonchev–Trinajstić information content (AvgIpc) is 2.11. The van der Waals surface area contributed by atoms with E-state index < -0.39 is 0 Å². The van der Waals surface area contributed by atoms with Crippen molar-refractivity contribution in [1.29, 1.82) is 0 Å². The van der Waals surface area contributed by atoms with Gasteiger partial charge in [-0.25, -0.2) is 9.97 Å².